The van der Waals surface area contributed by atoms with Gasteiger partial charge in [-0.05, 0) is 73.5 Å². The number of anilines is 2. The second-order valence-corrected chi connectivity index (χ2v) is 8.50. The van der Waals surface area contributed by atoms with E-state index in [4.69, 9.17) is 5.73 Å². The molecule has 0 bridgehead atoms. The monoisotopic (exact) mass is 423 g/mol. The van der Waals surface area contributed by atoms with Gasteiger partial charge >= 0.3 is 0 Å². The topological polar surface area (TPSA) is 118 Å². The fourth-order valence-electron chi connectivity index (χ4n) is 2.85. The maximum atomic E-state index is 12.8. The predicted molar refractivity (Wildman–Crippen MR) is 116 cm³/mol. The number of nitrogens with one attached hydrogen (secondary N) is 2. The zero-order valence-electron chi connectivity index (χ0n) is 16.5. The lowest BCUT2D eigenvalue weighted by atomic mass is 10.1. The van der Waals surface area contributed by atoms with Crippen molar-refractivity contribution in [3.05, 3.63) is 89.0 Å². The molecule has 30 heavy (non-hydrogen) atoms. The second kappa shape index (κ2) is 8.38. The molecule has 0 aliphatic rings. The van der Waals surface area contributed by atoms with Gasteiger partial charge in [0, 0.05) is 22.5 Å². The summed E-state index contributed by atoms with van der Waals surface area (Å²) >= 11 is 0. The average molecular weight is 423 g/mol. The zero-order chi connectivity index (χ0) is 21.9. The second-order valence-electron chi connectivity index (χ2n) is 6.85. The molecule has 0 aromatic heterocycles. The van der Waals surface area contributed by atoms with Gasteiger partial charge < -0.3 is 11.1 Å². The van der Waals surface area contributed by atoms with E-state index in [2.05, 4.69) is 10.0 Å². The van der Waals surface area contributed by atoms with Crippen LogP contribution in [0.5, 0.6) is 0 Å². The molecule has 3 rings (SSSR count). The zero-order valence-corrected chi connectivity index (χ0v) is 17.3. The summed E-state index contributed by atoms with van der Waals surface area (Å²) in [4.78, 5) is 23.9. The number of hydrogen-bond acceptors (Lipinski definition) is 4. The Morgan fingerprint density at radius 2 is 1.53 bits per heavy atom. The summed E-state index contributed by atoms with van der Waals surface area (Å²) in [6, 6.07) is 17.5. The molecule has 0 aliphatic carbocycles. The van der Waals surface area contributed by atoms with E-state index in [-0.39, 0.29) is 16.1 Å². The lowest BCUT2D eigenvalue weighted by Crippen LogP contribution is -2.16. The number of rotatable bonds is 6. The molecular formula is C22H21N3O4S. The Morgan fingerprint density at radius 1 is 0.833 bits per heavy atom. The average Bonchev–Trinajstić information content (AvgIpc) is 2.70. The van der Waals surface area contributed by atoms with Gasteiger partial charge in [-0.1, -0.05) is 18.2 Å². The highest BCUT2D eigenvalue weighted by Crippen LogP contribution is 2.22. The van der Waals surface area contributed by atoms with Crippen molar-refractivity contribution in [3.63, 3.8) is 0 Å². The summed E-state index contributed by atoms with van der Waals surface area (Å²) in [6.45, 7) is 3.54. The molecule has 0 saturated carbocycles. The molecule has 0 saturated heterocycles. The summed E-state index contributed by atoms with van der Waals surface area (Å²) < 4.78 is 28.1. The fourth-order valence-corrected chi connectivity index (χ4v) is 4.23. The van der Waals surface area contributed by atoms with Crippen LogP contribution in [0.15, 0.2) is 71.6 Å². The van der Waals surface area contributed by atoms with Gasteiger partial charge in [0.05, 0.1) is 4.90 Å². The van der Waals surface area contributed by atoms with Crippen LogP contribution in [0.25, 0.3) is 0 Å². The van der Waals surface area contributed by atoms with Gasteiger partial charge in [0.15, 0.2) is 0 Å². The summed E-state index contributed by atoms with van der Waals surface area (Å²) in [6.07, 6.45) is 0. The van der Waals surface area contributed by atoms with Crippen LogP contribution in [0.1, 0.15) is 31.8 Å². The maximum absolute atomic E-state index is 12.8. The molecule has 8 heteroatoms. The van der Waals surface area contributed by atoms with Crippen LogP contribution in [0.4, 0.5) is 11.4 Å². The van der Waals surface area contributed by atoms with Gasteiger partial charge in [0.2, 0.25) is 5.91 Å². The van der Waals surface area contributed by atoms with E-state index in [1.165, 1.54) is 18.2 Å². The SMILES string of the molecule is Cc1ccc(C)c(S(=O)(=O)Nc2cccc(C(=O)Nc3ccc(C(N)=O)cc3)c2)c1. The highest BCUT2D eigenvalue weighted by molar-refractivity contribution is 7.92. The van der Waals surface area contributed by atoms with Crippen molar-refractivity contribution in [1.29, 1.82) is 0 Å². The molecule has 0 spiro atoms. The number of primary amides is 1. The van der Waals surface area contributed by atoms with Crippen molar-refractivity contribution < 1.29 is 18.0 Å². The molecule has 0 aliphatic heterocycles. The van der Waals surface area contributed by atoms with E-state index in [0.29, 0.717) is 16.8 Å². The van der Waals surface area contributed by atoms with Crippen molar-refractivity contribution in [2.75, 3.05) is 10.0 Å². The number of nitrogens with two attached hydrogens (primary N) is 1. The van der Waals surface area contributed by atoms with Crippen molar-refractivity contribution >= 4 is 33.2 Å². The number of carbonyl (C=O) groups is 2. The van der Waals surface area contributed by atoms with Crippen molar-refractivity contribution in [2.45, 2.75) is 18.7 Å². The van der Waals surface area contributed by atoms with Crippen LogP contribution in [0, 0.1) is 13.8 Å². The van der Waals surface area contributed by atoms with E-state index in [1.54, 1.807) is 49.4 Å². The number of sulfonamides is 1. The van der Waals surface area contributed by atoms with Gasteiger partial charge in [-0.2, -0.15) is 0 Å². The standard InChI is InChI=1S/C22H21N3O4S/c1-14-6-7-15(2)20(12-14)30(28,29)25-19-5-3-4-17(13-19)22(27)24-18-10-8-16(9-11-18)21(23)26/h3-13,25H,1-2H3,(H2,23,26)(H,24,27). The first-order chi connectivity index (χ1) is 14.2. The molecular weight excluding hydrogens is 402 g/mol. The summed E-state index contributed by atoms with van der Waals surface area (Å²) in [5.74, 6) is -0.980. The highest BCUT2D eigenvalue weighted by atomic mass is 32.2. The third kappa shape index (κ3) is 4.84. The molecule has 7 nitrogen and oxygen atoms in total. The lowest BCUT2D eigenvalue weighted by molar-refractivity contribution is 0.0998. The number of aryl methyl sites for hydroxylation is 2. The summed E-state index contributed by atoms with van der Waals surface area (Å²) in [5.41, 5.74) is 8.01. The maximum Gasteiger partial charge on any atom is 0.262 e. The molecule has 0 fully saturated rings. The molecule has 3 aromatic carbocycles. The summed E-state index contributed by atoms with van der Waals surface area (Å²) in [7, 11) is -3.81. The van der Waals surface area contributed by atoms with Crippen molar-refractivity contribution in [1.82, 2.24) is 0 Å². The molecule has 3 aromatic rings. The number of benzene rings is 3. The van der Waals surface area contributed by atoms with Gasteiger partial charge in [-0.3, -0.25) is 14.3 Å². The molecule has 0 atom stereocenters. The molecule has 154 valence electrons. The van der Waals surface area contributed by atoms with Gasteiger partial charge in [-0.15, -0.1) is 0 Å². The third-order valence-electron chi connectivity index (χ3n) is 4.44. The predicted octanol–water partition coefficient (Wildman–Crippen LogP) is 3.46. The van der Waals surface area contributed by atoms with E-state index < -0.39 is 21.8 Å². The lowest BCUT2D eigenvalue weighted by Gasteiger charge is -2.12. The Morgan fingerprint density at radius 3 is 2.20 bits per heavy atom. The van der Waals surface area contributed by atoms with E-state index in [9.17, 15) is 18.0 Å². The smallest absolute Gasteiger partial charge is 0.262 e. The highest BCUT2D eigenvalue weighted by Gasteiger charge is 2.18. The first-order valence-corrected chi connectivity index (χ1v) is 10.6. The van der Waals surface area contributed by atoms with E-state index in [1.807, 2.05) is 13.0 Å². The van der Waals surface area contributed by atoms with Gasteiger partial charge in [0.25, 0.3) is 15.9 Å². The first kappa shape index (κ1) is 21.1. The largest absolute Gasteiger partial charge is 0.366 e. The van der Waals surface area contributed by atoms with Gasteiger partial charge in [0.1, 0.15) is 0 Å². The quantitative estimate of drug-likeness (QED) is 0.563. The van der Waals surface area contributed by atoms with Crippen molar-refractivity contribution in [3.8, 4) is 0 Å². The minimum Gasteiger partial charge on any atom is -0.366 e. The minimum atomic E-state index is -3.81. The Balaban J connectivity index is 1.79. The molecule has 0 heterocycles. The Kier molecular flexibility index (Phi) is 5.89. The molecule has 4 N–H and O–H groups in total. The summed E-state index contributed by atoms with van der Waals surface area (Å²) in [5, 5.41) is 2.69. The Hall–Kier alpha value is -3.65. The number of carbonyl (C=O) groups excluding carboxylic acids is 2. The van der Waals surface area contributed by atoms with Crippen LogP contribution in [-0.2, 0) is 10.0 Å². The normalized spacial score (nSPS) is 11.0. The molecule has 2 amide bonds. The third-order valence-corrected chi connectivity index (χ3v) is 5.96. The molecule has 0 unspecified atom stereocenters. The van der Waals surface area contributed by atoms with E-state index in [0.717, 1.165) is 5.56 Å². The van der Waals surface area contributed by atoms with Gasteiger partial charge in [-0.25, -0.2) is 8.42 Å². The number of hydrogen-bond donors (Lipinski definition) is 3. The van der Waals surface area contributed by atoms with Crippen LogP contribution in [0.2, 0.25) is 0 Å². The van der Waals surface area contributed by atoms with Crippen LogP contribution < -0.4 is 15.8 Å². The minimum absolute atomic E-state index is 0.187. The Bertz CT molecular complexity index is 1220. The van der Waals surface area contributed by atoms with E-state index >= 15 is 0 Å². The van der Waals surface area contributed by atoms with Crippen LogP contribution >= 0.6 is 0 Å². The van der Waals surface area contributed by atoms with Crippen molar-refractivity contribution in [2.24, 2.45) is 5.73 Å². The fraction of sp³-hybridized carbons (Fsp3) is 0.0909. The first-order valence-electron chi connectivity index (χ1n) is 9.07. The van der Waals surface area contributed by atoms with Crippen LogP contribution in [0.3, 0.4) is 0 Å². The molecule has 0 radical (unpaired) electrons. The Labute approximate surface area is 175 Å². The van der Waals surface area contributed by atoms with Crippen LogP contribution in [-0.4, -0.2) is 20.2 Å². The number of amides is 2.